The highest BCUT2D eigenvalue weighted by molar-refractivity contribution is 5.78. The van der Waals surface area contributed by atoms with Crippen LogP contribution in [0.2, 0.25) is 0 Å². The van der Waals surface area contributed by atoms with Crippen molar-refractivity contribution in [2.45, 2.75) is 39.0 Å². The fourth-order valence-electron chi connectivity index (χ4n) is 4.15. The number of aryl methyl sites for hydroxylation is 1. The van der Waals surface area contributed by atoms with E-state index >= 15 is 0 Å². The number of aliphatic hydroxyl groups excluding tert-OH is 1. The Morgan fingerprint density at radius 3 is 2.74 bits per heavy atom. The van der Waals surface area contributed by atoms with Gasteiger partial charge in [-0.3, -0.25) is 9.59 Å². The Bertz CT molecular complexity index is 668. The van der Waals surface area contributed by atoms with Gasteiger partial charge in [-0.1, -0.05) is 12.1 Å². The molecule has 0 unspecified atom stereocenters. The number of carbonyl (C=O) groups excluding carboxylic acids is 2. The molecule has 2 amide bonds. The van der Waals surface area contributed by atoms with Crippen LogP contribution in [-0.2, 0) is 9.59 Å². The number of amides is 2. The molecule has 2 aliphatic rings. The molecule has 2 heterocycles. The Labute approximate surface area is 161 Å². The monoisotopic (exact) mass is 374 g/mol. The lowest BCUT2D eigenvalue weighted by Crippen LogP contribution is -2.53. The fraction of sp³-hybridized carbons (Fsp3) is 0.619. The van der Waals surface area contributed by atoms with Gasteiger partial charge in [-0.25, -0.2) is 0 Å². The summed E-state index contributed by atoms with van der Waals surface area (Å²) in [4.78, 5) is 28.4. The summed E-state index contributed by atoms with van der Waals surface area (Å²) in [6.07, 6.45) is 3.96. The lowest BCUT2D eigenvalue weighted by molar-refractivity contribution is -0.143. The minimum atomic E-state index is 0.0235. The van der Waals surface area contributed by atoms with Gasteiger partial charge in [0.05, 0.1) is 0 Å². The maximum Gasteiger partial charge on any atom is 0.260 e. The molecule has 1 spiro atoms. The van der Waals surface area contributed by atoms with Crippen molar-refractivity contribution >= 4 is 11.8 Å². The smallest absolute Gasteiger partial charge is 0.260 e. The zero-order valence-electron chi connectivity index (χ0n) is 16.2. The quantitative estimate of drug-likeness (QED) is 0.827. The van der Waals surface area contributed by atoms with Gasteiger partial charge in [0.25, 0.3) is 5.91 Å². The Morgan fingerprint density at radius 1 is 1.26 bits per heavy atom. The van der Waals surface area contributed by atoms with Crippen molar-refractivity contribution in [3.8, 4) is 5.75 Å². The van der Waals surface area contributed by atoms with Crippen molar-refractivity contribution in [2.24, 2.45) is 5.41 Å². The average Bonchev–Trinajstić information content (AvgIpc) is 2.68. The second-order valence-corrected chi connectivity index (χ2v) is 7.88. The zero-order chi connectivity index (χ0) is 19.3. The summed E-state index contributed by atoms with van der Waals surface area (Å²) in [7, 11) is 0. The highest BCUT2D eigenvalue weighted by Crippen LogP contribution is 2.40. The fourth-order valence-corrected chi connectivity index (χ4v) is 4.15. The molecular weight excluding hydrogens is 344 g/mol. The number of carbonyl (C=O) groups is 2. The third kappa shape index (κ3) is 5.01. The minimum Gasteiger partial charge on any atom is -0.484 e. The first kappa shape index (κ1) is 19.7. The van der Waals surface area contributed by atoms with Gasteiger partial charge < -0.3 is 19.6 Å². The van der Waals surface area contributed by atoms with Crippen molar-refractivity contribution in [1.29, 1.82) is 0 Å². The summed E-state index contributed by atoms with van der Waals surface area (Å²) in [6.45, 7) is 5.00. The maximum atomic E-state index is 12.5. The topological polar surface area (TPSA) is 70.1 Å². The molecule has 0 aromatic heterocycles. The van der Waals surface area contributed by atoms with Crippen LogP contribution in [0.25, 0.3) is 0 Å². The standard InChI is InChI=1S/C21H30N2O4/c1-17-4-2-5-18(14-17)27-15-20(26)22-11-8-21(9-12-22)7-6-19(25)23(16-21)10-3-13-24/h2,4-5,14,24H,3,6-13,15-16H2,1H3. The van der Waals surface area contributed by atoms with Crippen LogP contribution in [0.1, 0.15) is 37.7 Å². The summed E-state index contributed by atoms with van der Waals surface area (Å²) in [5.74, 6) is 0.941. The van der Waals surface area contributed by atoms with Gasteiger partial charge in [0.15, 0.2) is 6.61 Å². The van der Waals surface area contributed by atoms with Gasteiger partial charge in [-0.15, -0.1) is 0 Å². The van der Waals surface area contributed by atoms with Crippen LogP contribution in [-0.4, -0.2) is 66.1 Å². The van der Waals surface area contributed by atoms with Crippen LogP contribution >= 0.6 is 0 Å². The molecule has 0 aliphatic carbocycles. The van der Waals surface area contributed by atoms with Crippen LogP contribution in [0.15, 0.2) is 24.3 Å². The lowest BCUT2D eigenvalue weighted by atomic mass is 9.72. The van der Waals surface area contributed by atoms with Gasteiger partial charge in [0, 0.05) is 39.2 Å². The van der Waals surface area contributed by atoms with E-state index in [0.29, 0.717) is 19.4 Å². The van der Waals surface area contributed by atoms with Crippen LogP contribution in [0.5, 0.6) is 5.75 Å². The summed E-state index contributed by atoms with van der Waals surface area (Å²) >= 11 is 0. The van der Waals surface area contributed by atoms with Crippen LogP contribution in [0, 0.1) is 12.3 Å². The van der Waals surface area contributed by atoms with Crippen molar-refractivity contribution in [3.63, 3.8) is 0 Å². The minimum absolute atomic E-state index is 0.0235. The van der Waals surface area contributed by atoms with Crippen LogP contribution in [0.4, 0.5) is 0 Å². The van der Waals surface area contributed by atoms with Crippen LogP contribution in [0.3, 0.4) is 0 Å². The van der Waals surface area contributed by atoms with E-state index in [9.17, 15) is 9.59 Å². The molecule has 3 rings (SSSR count). The Kier molecular flexibility index (Phi) is 6.37. The number of hydrogen-bond donors (Lipinski definition) is 1. The third-order valence-corrected chi connectivity index (χ3v) is 5.86. The number of rotatable bonds is 6. The second kappa shape index (κ2) is 8.74. The molecule has 1 aromatic carbocycles. The molecule has 1 N–H and O–H groups in total. The molecular formula is C21H30N2O4. The first-order valence-corrected chi connectivity index (χ1v) is 9.87. The van der Waals surface area contributed by atoms with Gasteiger partial charge in [-0.2, -0.15) is 0 Å². The largest absolute Gasteiger partial charge is 0.484 e. The SMILES string of the molecule is Cc1cccc(OCC(=O)N2CCC3(CCC(=O)N(CCCO)C3)CC2)c1. The Morgan fingerprint density at radius 2 is 2.04 bits per heavy atom. The van der Waals surface area contributed by atoms with E-state index in [0.717, 1.165) is 50.2 Å². The van der Waals surface area contributed by atoms with Gasteiger partial charge in [0.1, 0.15) is 5.75 Å². The van der Waals surface area contributed by atoms with Crippen molar-refractivity contribution < 1.29 is 19.4 Å². The number of hydrogen-bond acceptors (Lipinski definition) is 4. The third-order valence-electron chi connectivity index (χ3n) is 5.86. The zero-order valence-corrected chi connectivity index (χ0v) is 16.2. The van der Waals surface area contributed by atoms with Gasteiger partial charge in [0.2, 0.25) is 5.91 Å². The molecule has 6 nitrogen and oxygen atoms in total. The molecule has 2 saturated heterocycles. The van der Waals surface area contributed by atoms with E-state index in [-0.39, 0.29) is 30.4 Å². The van der Waals surface area contributed by atoms with Crippen LogP contribution < -0.4 is 4.74 Å². The number of ether oxygens (including phenoxy) is 1. The first-order chi connectivity index (χ1) is 13.0. The lowest BCUT2D eigenvalue weighted by Gasteiger charge is -2.47. The van der Waals surface area contributed by atoms with E-state index in [4.69, 9.17) is 9.84 Å². The highest BCUT2D eigenvalue weighted by atomic mass is 16.5. The van der Waals surface area contributed by atoms with Gasteiger partial charge in [-0.05, 0) is 55.7 Å². The van der Waals surface area contributed by atoms with E-state index in [1.54, 1.807) is 0 Å². The molecule has 0 bridgehead atoms. The van der Waals surface area contributed by atoms with Crippen molar-refractivity contribution in [1.82, 2.24) is 9.80 Å². The van der Waals surface area contributed by atoms with E-state index in [1.807, 2.05) is 41.0 Å². The van der Waals surface area contributed by atoms with Gasteiger partial charge >= 0.3 is 0 Å². The number of nitrogens with zero attached hydrogens (tertiary/aromatic N) is 2. The summed E-state index contributed by atoms with van der Waals surface area (Å²) < 4.78 is 5.65. The molecule has 0 atom stereocenters. The average molecular weight is 374 g/mol. The van der Waals surface area contributed by atoms with E-state index < -0.39 is 0 Å². The predicted octanol–water partition coefficient (Wildman–Crippen LogP) is 1.99. The summed E-state index contributed by atoms with van der Waals surface area (Å²) in [5.41, 5.74) is 1.23. The molecule has 1 aromatic rings. The molecule has 2 fully saturated rings. The van der Waals surface area contributed by atoms with E-state index in [2.05, 4.69) is 0 Å². The normalized spacial score (nSPS) is 19.4. The number of likely N-dealkylation sites (tertiary alicyclic amines) is 2. The molecule has 27 heavy (non-hydrogen) atoms. The number of benzene rings is 1. The van der Waals surface area contributed by atoms with E-state index in [1.165, 1.54) is 0 Å². The highest BCUT2D eigenvalue weighted by Gasteiger charge is 2.41. The Balaban J connectivity index is 1.49. The summed E-state index contributed by atoms with van der Waals surface area (Å²) in [5, 5.41) is 9.03. The number of aliphatic hydroxyl groups is 1. The maximum absolute atomic E-state index is 12.5. The van der Waals surface area contributed by atoms with Crippen molar-refractivity contribution in [2.75, 3.05) is 39.4 Å². The second-order valence-electron chi connectivity index (χ2n) is 7.88. The molecule has 0 radical (unpaired) electrons. The first-order valence-electron chi connectivity index (χ1n) is 9.87. The summed E-state index contributed by atoms with van der Waals surface area (Å²) in [6, 6.07) is 7.72. The molecule has 2 aliphatic heterocycles. The van der Waals surface area contributed by atoms with Crippen molar-refractivity contribution in [3.05, 3.63) is 29.8 Å². The molecule has 0 saturated carbocycles. The number of piperidine rings is 2. The Hall–Kier alpha value is -2.08. The molecule has 6 heteroatoms. The molecule has 148 valence electrons. The predicted molar refractivity (Wildman–Crippen MR) is 102 cm³/mol.